The third-order valence-corrected chi connectivity index (χ3v) is 2.63. The van der Waals surface area contributed by atoms with Crippen LogP contribution in [0.2, 0.25) is 0 Å². The summed E-state index contributed by atoms with van der Waals surface area (Å²) in [5.74, 6) is -3.74. The summed E-state index contributed by atoms with van der Waals surface area (Å²) in [5, 5.41) is 0. The van der Waals surface area contributed by atoms with Crippen LogP contribution in [0.15, 0.2) is 36.5 Å². The predicted octanol–water partition coefficient (Wildman–Crippen LogP) is 1.81. The standard InChI is InChI=1S/C15H18O6/c1-8(2)12(16)19-11-7-15(11,20-13(17)9(3)4)21-14(18)10(5)6/h11H,1,3,5,7H2,2,4,6H3. The first kappa shape index (κ1) is 16.7. The molecule has 0 amide bonds. The Balaban J connectivity index is 2.84. The minimum Gasteiger partial charge on any atom is -0.450 e. The van der Waals surface area contributed by atoms with Crippen molar-refractivity contribution in [1.82, 2.24) is 0 Å². The molecule has 0 aromatic carbocycles. The van der Waals surface area contributed by atoms with Crippen molar-refractivity contribution in [2.75, 3.05) is 0 Å². The third kappa shape index (κ3) is 4.05. The molecule has 0 heterocycles. The second kappa shape index (κ2) is 5.95. The van der Waals surface area contributed by atoms with Gasteiger partial charge in [-0.2, -0.15) is 0 Å². The summed E-state index contributed by atoms with van der Waals surface area (Å²) < 4.78 is 15.2. The summed E-state index contributed by atoms with van der Waals surface area (Å²) in [6.45, 7) is 14.7. The molecule has 0 bridgehead atoms. The lowest BCUT2D eigenvalue weighted by molar-refractivity contribution is -0.201. The molecule has 0 aromatic rings. The smallest absolute Gasteiger partial charge is 0.336 e. The second-order valence-corrected chi connectivity index (χ2v) is 5.03. The highest BCUT2D eigenvalue weighted by molar-refractivity contribution is 5.90. The molecule has 1 aliphatic rings. The van der Waals surface area contributed by atoms with Crippen LogP contribution in [-0.4, -0.2) is 29.8 Å². The fourth-order valence-electron chi connectivity index (χ4n) is 1.28. The lowest BCUT2D eigenvalue weighted by Gasteiger charge is -2.19. The van der Waals surface area contributed by atoms with E-state index in [2.05, 4.69) is 19.7 Å². The van der Waals surface area contributed by atoms with E-state index in [0.29, 0.717) is 0 Å². The number of esters is 3. The van der Waals surface area contributed by atoms with Crippen LogP contribution in [0.3, 0.4) is 0 Å². The molecule has 0 saturated heterocycles. The molecule has 0 radical (unpaired) electrons. The van der Waals surface area contributed by atoms with E-state index in [1.54, 1.807) is 0 Å². The van der Waals surface area contributed by atoms with Gasteiger partial charge in [-0.25, -0.2) is 14.4 Å². The maximum Gasteiger partial charge on any atom is 0.336 e. The van der Waals surface area contributed by atoms with Crippen molar-refractivity contribution in [3.8, 4) is 0 Å². The normalized spacial score (nSPS) is 18.1. The van der Waals surface area contributed by atoms with Gasteiger partial charge in [0.05, 0.1) is 6.42 Å². The first-order valence-corrected chi connectivity index (χ1v) is 6.23. The van der Waals surface area contributed by atoms with E-state index < -0.39 is 29.8 Å². The minimum atomic E-state index is -1.61. The Labute approximate surface area is 123 Å². The Hall–Kier alpha value is -2.37. The summed E-state index contributed by atoms with van der Waals surface area (Å²) in [6.07, 6.45) is -0.808. The highest BCUT2D eigenvalue weighted by atomic mass is 16.8. The molecule has 1 aliphatic carbocycles. The Bertz CT molecular complexity index is 514. The summed E-state index contributed by atoms with van der Waals surface area (Å²) in [6, 6.07) is 0. The van der Waals surface area contributed by atoms with Gasteiger partial charge in [0.2, 0.25) is 0 Å². The highest BCUT2D eigenvalue weighted by Gasteiger charge is 2.66. The van der Waals surface area contributed by atoms with Crippen LogP contribution < -0.4 is 0 Å². The van der Waals surface area contributed by atoms with Gasteiger partial charge in [0, 0.05) is 16.7 Å². The Morgan fingerprint density at radius 2 is 1.24 bits per heavy atom. The SMILES string of the molecule is C=C(C)C(=O)OC1CC1(OC(=O)C(=C)C)OC(=O)C(=C)C. The average molecular weight is 294 g/mol. The molecule has 0 aliphatic heterocycles. The van der Waals surface area contributed by atoms with Gasteiger partial charge in [-0.3, -0.25) is 0 Å². The zero-order chi connectivity index (χ0) is 16.4. The summed E-state index contributed by atoms with van der Waals surface area (Å²) in [4.78, 5) is 34.7. The minimum absolute atomic E-state index is 0.0596. The van der Waals surface area contributed by atoms with Crippen LogP contribution in [-0.2, 0) is 28.6 Å². The van der Waals surface area contributed by atoms with Crippen LogP contribution >= 0.6 is 0 Å². The molecule has 1 unspecified atom stereocenters. The molecule has 1 saturated carbocycles. The first-order chi connectivity index (χ1) is 9.59. The van der Waals surface area contributed by atoms with Gasteiger partial charge in [-0.05, 0) is 20.8 Å². The van der Waals surface area contributed by atoms with Crippen molar-refractivity contribution in [3.05, 3.63) is 36.5 Å². The van der Waals surface area contributed by atoms with Crippen molar-refractivity contribution in [1.29, 1.82) is 0 Å². The average Bonchev–Trinajstić information content (AvgIpc) is 3.00. The number of carbonyl (C=O) groups is 3. The number of rotatable bonds is 6. The fraction of sp³-hybridized carbons (Fsp3) is 0.400. The van der Waals surface area contributed by atoms with Gasteiger partial charge in [0.1, 0.15) is 0 Å². The Kier molecular flexibility index (Phi) is 4.73. The van der Waals surface area contributed by atoms with E-state index in [9.17, 15) is 14.4 Å². The number of carbonyl (C=O) groups excluding carboxylic acids is 3. The van der Waals surface area contributed by atoms with Crippen LogP contribution in [0, 0.1) is 0 Å². The second-order valence-electron chi connectivity index (χ2n) is 5.03. The van der Waals surface area contributed by atoms with Gasteiger partial charge in [-0.15, -0.1) is 0 Å². The molecule has 6 heteroatoms. The summed E-state index contributed by atoms with van der Waals surface area (Å²) >= 11 is 0. The topological polar surface area (TPSA) is 78.9 Å². The van der Waals surface area contributed by atoms with Crippen molar-refractivity contribution in [3.63, 3.8) is 0 Å². The summed E-state index contributed by atoms with van der Waals surface area (Å²) in [5.41, 5.74) is 0.462. The molecule has 114 valence electrons. The lowest BCUT2D eigenvalue weighted by atomic mass is 10.3. The number of hydrogen-bond acceptors (Lipinski definition) is 6. The number of hydrogen-bond donors (Lipinski definition) is 0. The highest BCUT2D eigenvalue weighted by Crippen LogP contribution is 2.45. The van der Waals surface area contributed by atoms with E-state index in [4.69, 9.17) is 14.2 Å². The van der Waals surface area contributed by atoms with Crippen LogP contribution in [0.1, 0.15) is 27.2 Å². The molecular formula is C15H18O6. The van der Waals surface area contributed by atoms with Crippen molar-refractivity contribution in [2.24, 2.45) is 0 Å². The van der Waals surface area contributed by atoms with E-state index in [1.165, 1.54) is 20.8 Å². The van der Waals surface area contributed by atoms with Crippen LogP contribution in [0.4, 0.5) is 0 Å². The largest absolute Gasteiger partial charge is 0.450 e. The third-order valence-electron chi connectivity index (χ3n) is 2.63. The first-order valence-electron chi connectivity index (χ1n) is 6.23. The summed E-state index contributed by atoms with van der Waals surface area (Å²) in [7, 11) is 0. The van der Waals surface area contributed by atoms with Crippen molar-refractivity contribution >= 4 is 17.9 Å². The quantitative estimate of drug-likeness (QED) is 0.422. The van der Waals surface area contributed by atoms with E-state index >= 15 is 0 Å². The fourth-order valence-corrected chi connectivity index (χ4v) is 1.28. The Morgan fingerprint density at radius 3 is 1.57 bits per heavy atom. The lowest BCUT2D eigenvalue weighted by Crippen LogP contribution is -2.32. The van der Waals surface area contributed by atoms with Gasteiger partial charge < -0.3 is 14.2 Å². The molecule has 1 atom stereocenters. The maximum atomic E-state index is 11.6. The molecule has 1 fully saturated rings. The zero-order valence-corrected chi connectivity index (χ0v) is 12.4. The molecule has 6 nitrogen and oxygen atoms in total. The van der Waals surface area contributed by atoms with Gasteiger partial charge in [0.15, 0.2) is 6.10 Å². The molecule has 0 spiro atoms. The maximum absolute atomic E-state index is 11.6. The van der Waals surface area contributed by atoms with Crippen LogP contribution in [0.25, 0.3) is 0 Å². The molecule has 21 heavy (non-hydrogen) atoms. The van der Waals surface area contributed by atoms with E-state index in [0.717, 1.165) is 0 Å². The molecule has 0 N–H and O–H groups in total. The Morgan fingerprint density at radius 1 is 0.857 bits per heavy atom. The predicted molar refractivity (Wildman–Crippen MR) is 73.9 cm³/mol. The van der Waals surface area contributed by atoms with E-state index in [-0.39, 0.29) is 23.1 Å². The molecule has 0 aromatic heterocycles. The number of ether oxygens (including phenoxy) is 3. The van der Waals surface area contributed by atoms with Gasteiger partial charge >= 0.3 is 17.9 Å². The van der Waals surface area contributed by atoms with Crippen molar-refractivity contribution < 1.29 is 28.6 Å². The van der Waals surface area contributed by atoms with Crippen LogP contribution in [0.5, 0.6) is 0 Å². The zero-order valence-electron chi connectivity index (χ0n) is 12.4. The van der Waals surface area contributed by atoms with E-state index in [1.807, 2.05) is 0 Å². The van der Waals surface area contributed by atoms with Crippen molar-refractivity contribution in [2.45, 2.75) is 39.1 Å². The molecular weight excluding hydrogens is 276 g/mol. The molecule has 1 rings (SSSR count). The van der Waals surface area contributed by atoms with Gasteiger partial charge in [0.25, 0.3) is 5.79 Å². The monoisotopic (exact) mass is 294 g/mol. The van der Waals surface area contributed by atoms with Gasteiger partial charge in [-0.1, -0.05) is 19.7 Å².